The molecule has 0 aromatic carbocycles. The highest BCUT2D eigenvalue weighted by atomic mass is 32.1. The quantitative estimate of drug-likeness (QED) is 0.855. The Kier molecular flexibility index (Phi) is 3.78. The third-order valence-electron chi connectivity index (χ3n) is 2.75. The summed E-state index contributed by atoms with van der Waals surface area (Å²) in [5.74, 6) is 0. The molecule has 1 aromatic rings. The number of nitrogens with zero attached hydrogens (tertiary/aromatic N) is 2. The van der Waals surface area contributed by atoms with Gasteiger partial charge in [0.2, 0.25) is 0 Å². The molecule has 2 rings (SSSR count). The van der Waals surface area contributed by atoms with Crippen LogP contribution in [0.5, 0.6) is 0 Å². The molecule has 0 aliphatic carbocycles. The van der Waals surface area contributed by atoms with Crippen molar-refractivity contribution < 1.29 is 9.84 Å². The third kappa shape index (κ3) is 2.53. The third-order valence-corrected chi connectivity index (χ3v) is 3.95. The van der Waals surface area contributed by atoms with E-state index >= 15 is 0 Å². The van der Waals surface area contributed by atoms with Gasteiger partial charge in [0.15, 0.2) is 5.13 Å². The van der Waals surface area contributed by atoms with Crippen LogP contribution in [-0.4, -0.2) is 35.9 Å². The lowest BCUT2D eigenvalue weighted by molar-refractivity contribution is 0.0821. The number of thiazole rings is 1. The summed E-state index contributed by atoms with van der Waals surface area (Å²) in [5.41, 5.74) is 0.945. The average Bonchev–Trinajstić information content (AvgIpc) is 2.49. The summed E-state index contributed by atoms with van der Waals surface area (Å²) >= 11 is 1.59. The van der Waals surface area contributed by atoms with E-state index in [1.165, 1.54) is 0 Å². The number of ether oxygens (including phenoxy) is 1. The van der Waals surface area contributed by atoms with E-state index in [0.29, 0.717) is 0 Å². The highest BCUT2D eigenvalue weighted by Gasteiger charge is 2.19. The molecule has 0 saturated carbocycles. The van der Waals surface area contributed by atoms with Gasteiger partial charge in [-0.05, 0) is 20.3 Å². The van der Waals surface area contributed by atoms with Gasteiger partial charge in [-0.1, -0.05) is 11.3 Å². The maximum absolute atomic E-state index is 9.16. The second-order valence-corrected chi connectivity index (χ2v) is 5.21. The first-order valence-electron chi connectivity index (χ1n) is 5.64. The molecule has 1 N–H and O–H groups in total. The van der Waals surface area contributed by atoms with Crippen LogP contribution in [0.1, 0.15) is 23.9 Å². The molecule has 16 heavy (non-hydrogen) atoms. The summed E-state index contributed by atoms with van der Waals surface area (Å²) < 4.78 is 5.60. The number of anilines is 1. The maximum Gasteiger partial charge on any atom is 0.185 e. The number of aromatic nitrogens is 1. The molecule has 1 aliphatic rings. The summed E-state index contributed by atoms with van der Waals surface area (Å²) in [4.78, 5) is 7.73. The molecule has 0 spiro atoms. The molecule has 1 saturated heterocycles. The van der Waals surface area contributed by atoms with E-state index < -0.39 is 0 Å². The van der Waals surface area contributed by atoms with E-state index in [-0.39, 0.29) is 12.7 Å². The van der Waals surface area contributed by atoms with Crippen LogP contribution in [0, 0.1) is 6.92 Å². The predicted molar refractivity (Wildman–Crippen MR) is 65.0 cm³/mol. The van der Waals surface area contributed by atoms with Crippen molar-refractivity contribution in [1.29, 1.82) is 0 Å². The molecule has 1 fully saturated rings. The van der Waals surface area contributed by atoms with Crippen molar-refractivity contribution in [2.45, 2.75) is 33.0 Å². The fourth-order valence-electron chi connectivity index (χ4n) is 1.86. The molecule has 90 valence electrons. The lowest BCUT2D eigenvalue weighted by atomic mass is 10.3. The zero-order chi connectivity index (χ0) is 11.5. The lowest BCUT2D eigenvalue weighted by Crippen LogP contribution is -2.29. The van der Waals surface area contributed by atoms with Crippen LogP contribution < -0.4 is 4.90 Å². The van der Waals surface area contributed by atoms with E-state index in [0.717, 1.165) is 41.8 Å². The van der Waals surface area contributed by atoms with Gasteiger partial charge >= 0.3 is 0 Å². The van der Waals surface area contributed by atoms with Crippen molar-refractivity contribution in [2.24, 2.45) is 0 Å². The van der Waals surface area contributed by atoms with E-state index in [1.807, 2.05) is 6.92 Å². The second kappa shape index (κ2) is 5.12. The Morgan fingerprint density at radius 2 is 2.44 bits per heavy atom. The van der Waals surface area contributed by atoms with Gasteiger partial charge in [0.25, 0.3) is 0 Å². The lowest BCUT2D eigenvalue weighted by Gasteiger charge is -2.20. The SMILES string of the molecule is Cc1nc(N2CCCOC(C)C2)sc1CO. The van der Waals surface area contributed by atoms with Gasteiger partial charge in [-0.3, -0.25) is 0 Å². The van der Waals surface area contributed by atoms with Crippen molar-refractivity contribution in [3.63, 3.8) is 0 Å². The van der Waals surface area contributed by atoms with Crippen LogP contribution in [0.4, 0.5) is 5.13 Å². The molecule has 2 heterocycles. The molecule has 0 radical (unpaired) electrons. The van der Waals surface area contributed by atoms with Crippen molar-refractivity contribution >= 4 is 16.5 Å². The summed E-state index contributed by atoms with van der Waals surface area (Å²) in [6.45, 7) is 6.83. The first-order chi connectivity index (χ1) is 7.70. The van der Waals surface area contributed by atoms with Gasteiger partial charge in [0.05, 0.1) is 23.3 Å². The molecule has 1 unspecified atom stereocenters. The molecular weight excluding hydrogens is 224 g/mol. The number of hydrogen-bond donors (Lipinski definition) is 1. The zero-order valence-electron chi connectivity index (χ0n) is 9.77. The smallest absolute Gasteiger partial charge is 0.185 e. The number of rotatable bonds is 2. The first kappa shape index (κ1) is 11.8. The zero-order valence-corrected chi connectivity index (χ0v) is 10.6. The van der Waals surface area contributed by atoms with Crippen LogP contribution in [-0.2, 0) is 11.3 Å². The van der Waals surface area contributed by atoms with Crippen LogP contribution in [0.3, 0.4) is 0 Å². The normalized spacial score (nSPS) is 22.2. The summed E-state index contributed by atoms with van der Waals surface area (Å²) in [6, 6.07) is 0. The van der Waals surface area contributed by atoms with Gasteiger partial charge in [0.1, 0.15) is 0 Å². The highest BCUT2D eigenvalue weighted by Crippen LogP contribution is 2.27. The summed E-state index contributed by atoms with van der Waals surface area (Å²) in [6.07, 6.45) is 1.29. The molecule has 1 aliphatic heterocycles. The number of aryl methyl sites for hydroxylation is 1. The topological polar surface area (TPSA) is 45.6 Å². The van der Waals surface area contributed by atoms with Crippen LogP contribution >= 0.6 is 11.3 Å². The van der Waals surface area contributed by atoms with Crippen molar-refractivity contribution in [1.82, 2.24) is 4.98 Å². The minimum Gasteiger partial charge on any atom is -0.391 e. The van der Waals surface area contributed by atoms with E-state index in [2.05, 4.69) is 16.8 Å². The molecule has 1 aromatic heterocycles. The minimum absolute atomic E-state index is 0.0867. The standard InChI is InChI=1S/C11H18N2O2S/c1-8-6-13(4-3-5-15-8)11-12-9(2)10(7-14)16-11/h8,14H,3-7H2,1-2H3. The molecule has 0 bridgehead atoms. The van der Waals surface area contributed by atoms with E-state index in [1.54, 1.807) is 11.3 Å². The summed E-state index contributed by atoms with van der Waals surface area (Å²) in [7, 11) is 0. The van der Waals surface area contributed by atoms with Gasteiger partial charge < -0.3 is 14.7 Å². The fraction of sp³-hybridized carbons (Fsp3) is 0.727. The van der Waals surface area contributed by atoms with Crippen LogP contribution in [0.15, 0.2) is 0 Å². The highest BCUT2D eigenvalue weighted by molar-refractivity contribution is 7.15. The molecule has 0 amide bonds. The number of aliphatic hydroxyl groups excluding tert-OH is 1. The maximum atomic E-state index is 9.16. The molecule has 4 nitrogen and oxygen atoms in total. The Morgan fingerprint density at radius 1 is 1.62 bits per heavy atom. The first-order valence-corrected chi connectivity index (χ1v) is 6.46. The molecule has 1 atom stereocenters. The van der Waals surface area contributed by atoms with E-state index in [9.17, 15) is 0 Å². The van der Waals surface area contributed by atoms with Crippen molar-refractivity contribution in [3.05, 3.63) is 10.6 Å². The Labute approximate surface area is 99.9 Å². The van der Waals surface area contributed by atoms with Gasteiger partial charge in [-0.2, -0.15) is 0 Å². The van der Waals surface area contributed by atoms with Crippen LogP contribution in [0.2, 0.25) is 0 Å². The van der Waals surface area contributed by atoms with Crippen LogP contribution in [0.25, 0.3) is 0 Å². The molecular formula is C11H18N2O2S. The van der Waals surface area contributed by atoms with Gasteiger partial charge in [0, 0.05) is 19.7 Å². The largest absolute Gasteiger partial charge is 0.391 e. The monoisotopic (exact) mass is 242 g/mol. The Morgan fingerprint density at radius 3 is 3.12 bits per heavy atom. The predicted octanol–water partition coefficient (Wildman–Crippen LogP) is 1.56. The fourth-order valence-corrected chi connectivity index (χ4v) is 2.82. The Bertz CT molecular complexity index is 354. The van der Waals surface area contributed by atoms with Crippen molar-refractivity contribution in [3.8, 4) is 0 Å². The Balaban J connectivity index is 2.15. The van der Waals surface area contributed by atoms with Gasteiger partial charge in [-0.15, -0.1) is 0 Å². The Hall–Kier alpha value is -0.650. The minimum atomic E-state index is 0.0867. The second-order valence-electron chi connectivity index (χ2n) is 4.14. The summed E-state index contributed by atoms with van der Waals surface area (Å²) in [5, 5.41) is 10.2. The van der Waals surface area contributed by atoms with Gasteiger partial charge in [-0.25, -0.2) is 4.98 Å². The average molecular weight is 242 g/mol. The number of hydrogen-bond acceptors (Lipinski definition) is 5. The van der Waals surface area contributed by atoms with E-state index in [4.69, 9.17) is 9.84 Å². The molecule has 5 heteroatoms. The number of aliphatic hydroxyl groups is 1. The van der Waals surface area contributed by atoms with Crippen molar-refractivity contribution in [2.75, 3.05) is 24.6 Å².